The summed E-state index contributed by atoms with van der Waals surface area (Å²) >= 11 is 0. The van der Waals surface area contributed by atoms with Crippen LogP contribution in [0.1, 0.15) is 11.1 Å². The summed E-state index contributed by atoms with van der Waals surface area (Å²) in [5.41, 5.74) is 3.48. The molecule has 0 amide bonds. The normalized spacial score (nSPS) is 10.9. The number of rotatable bonds is 6. The Morgan fingerprint density at radius 2 is 1.62 bits per heavy atom. The van der Waals surface area contributed by atoms with Crippen LogP contribution in [-0.4, -0.2) is 17.2 Å². The molecule has 0 saturated carbocycles. The van der Waals surface area contributed by atoms with E-state index < -0.39 is 7.12 Å². The number of benzene rings is 3. The van der Waals surface area contributed by atoms with Crippen molar-refractivity contribution in [3.8, 4) is 5.75 Å². The lowest BCUT2D eigenvalue weighted by molar-refractivity contribution is 0.306. The quantitative estimate of drug-likeness (QED) is 0.528. The molecule has 0 spiro atoms. The molecular weight excluding hydrogens is 327 g/mol. The van der Waals surface area contributed by atoms with Gasteiger partial charge < -0.3 is 14.8 Å². The molecule has 0 bridgehead atoms. The van der Waals surface area contributed by atoms with Gasteiger partial charge in [0.25, 0.3) is 0 Å². The summed E-state index contributed by atoms with van der Waals surface area (Å²) in [6.45, 7) is 2.39. The first-order valence-electron chi connectivity index (χ1n) is 8.27. The zero-order chi connectivity index (χ0) is 18.4. The van der Waals surface area contributed by atoms with E-state index in [0.29, 0.717) is 23.7 Å². The van der Waals surface area contributed by atoms with Gasteiger partial charge in [-0.25, -0.2) is 0 Å². The maximum Gasteiger partial charge on any atom is 0.490 e. The molecule has 0 unspecified atom stereocenters. The Morgan fingerprint density at radius 3 is 2.31 bits per heavy atom. The van der Waals surface area contributed by atoms with Gasteiger partial charge in [-0.05, 0) is 42.8 Å². The molecule has 130 valence electrons. The molecule has 3 rings (SSSR count). The minimum atomic E-state index is -1.66. The average molecular weight is 346 g/mol. The summed E-state index contributed by atoms with van der Waals surface area (Å²) < 4.78 is 5.72. The molecule has 0 radical (unpaired) electrons. The van der Waals surface area contributed by atoms with Crippen LogP contribution in [0, 0.1) is 6.92 Å². The van der Waals surface area contributed by atoms with E-state index in [9.17, 15) is 10.0 Å². The molecule has 0 heterocycles. The van der Waals surface area contributed by atoms with Crippen LogP contribution in [0.2, 0.25) is 0 Å². The lowest BCUT2D eigenvalue weighted by atomic mass is 9.79. The third-order valence-electron chi connectivity index (χ3n) is 3.83. The predicted molar refractivity (Wildman–Crippen MR) is 102 cm³/mol. The van der Waals surface area contributed by atoms with E-state index in [1.54, 1.807) is 18.2 Å². The predicted octanol–water partition coefficient (Wildman–Crippen LogP) is 3.67. The lowest BCUT2D eigenvalue weighted by Crippen LogP contribution is -2.30. The Labute approximate surface area is 152 Å². The fourth-order valence-electron chi connectivity index (χ4n) is 2.38. The summed E-state index contributed by atoms with van der Waals surface area (Å²) in [4.78, 5) is 0. The largest absolute Gasteiger partial charge is 0.490 e. The summed E-state index contributed by atoms with van der Waals surface area (Å²) in [5.74, 6) is 0.534. The smallest absolute Gasteiger partial charge is 0.489 e. The molecule has 5 nitrogen and oxygen atoms in total. The molecule has 0 aliphatic carbocycles. The van der Waals surface area contributed by atoms with Crippen molar-refractivity contribution >= 4 is 24.0 Å². The fourth-order valence-corrected chi connectivity index (χ4v) is 2.38. The van der Waals surface area contributed by atoms with Gasteiger partial charge in [0.15, 0.2) is 0 Å². The van der Waals surface area contributed by atoms with E-state index in [-0.39, 0.29) is 5.46 Å². The Hall–Kier alpha value is -2.96. The van der Waals surface area contributed by atoms with Gasteiger partial charge in [-0.3, -0.25) is 0 Å². The Morgan fingerprint density at radius 1 is 0.885 bits per heavy atom. The van der Waals surface area contributed by atoms with Crippen molar-refractivity contribution in [2.24, 2.45) is 10.2 Å². The highest BCUT2D eigenvalue weighted by Gasteiger charge is 2.17. The second-order valence-corrected chi connectivity index (χ2v) is 5.90. The Kier molecular flexibility index (Phi) is 5.78. The number of nitrogens with zero attached hydrogens (tertiary/aromatic N) is 2. The molecule has 2 N–H and O–H groups in total. The zero-order valence-corrected chi connectivity index (χ0v) is 14.4. The van der Waals surface area contributed by atoms with Gasteiger partial charge >= 0.3 is 7.12 Å². The summed E-state index contributed by atoms with van der Waals surface area (Å²) in [5, 5.41) is 27.6. The first-order chi connectivity index (χ1) is 12.6. The third kappa shape index (κ3) is 4.78. The highest BCUT2D eigenvalue weighted by Crippen LogP contribution is 2.21. The van der Waals surface area contributed by atoms with Crippen LogP contribution in [-0.2, 0) is 6.61 Å². The van der Waals surface area contributed by atoms with E-state index in [1.165, 1.54) is 0 Å². The van der Waals surface area contributed by atoms with Crippen molar-refractivity contribution in [2.45, 2.75) is 13.5 Å². The van der Waals surface area contributed by atoms with E-state index in [4.69, 9.17) is 4.74 Å². The minimum Gasteiger partial charge on any atom is -0.489 e. The van der Waals surface area contributed by atoms with E-state index in [0.717, 1.165) is 11.1 Å². The van der Waals surface area contributed by atoms with E-state index in [1.807, 2.05) is 61.5 Å². The topological polar surface area (TPSA) is 74.4 Å². The van der Waals surface area contributed by atoms with Crippen LogP contribution in [0.15, 0.2) is 83.0 Å². The van der Waals surface area contributed by atoms with Crippen LogP contribution < -0.4 is 10.2 Å². The van der Waals surface area contributed by atoms with Gasteiger partial charge in [0.05, 0.1) is 11.4 Å². The summed E-state index contributed by atoms with van der Waals surface area (Å²) in [6, 6.07) is 22.3. The SMILES string of the molecule is Cc1ccc(N=Nc2ccc(OCc3ccccc3)cc2B(O)O)cc1. The van der Waals surface area contributed by atoms with Crippen LogP contribution in [0.4, 0.5) is 11.4 Å². The van der Waals surface area contributed by atoms with Gasteiger partial charge in [0.1, 0.15) is 12.4 Å². The number of aryl methyl sites for hydroxylation is 1. The van der Waals surface area contributed by atoms with Crippen molar-refractivity contribution in [3.05, 3.63) is 83.9 Å². The molecule has 0 aromatic heterocycles. The van der Waals surface area contributed by atoms with Gasteiger partial charge in [-0.1, -0.05) is 48.0 Å². The molecule has 0 saturated heterocycles. The number of hydrogen-bond donors (Lipinski definition) is 2. The molecule has 0 aliphatic heterocycles. The highest BCUT2D eigenvalue weighted by atomic mass is 16.5. The maximum absolute atomic E-state index is 9.65. The zero-order valence-electron chi connectivity index (χ0n) is 14.4. The fraction of sp³-hybridized carbons (Fsp3) is 0.100. The van der Waals surface area contributed by atoms with Crippen molar-refractivity contribution in [3.63, 3.8) is 0 Å². The first-order valence-corrected chi connectivity index (χ1v) is 8.27. The second kappa shape index (κ2) is 8.42. The highest BCUT2D eigenvalue weighted by molar-refractivity contribution is 6.60. The first kappa shape index (κ1) is 17.9. The molecule has 3 aromatic carbocycles. The van der Waals surface area contributed by atoms with Crippen molar-refractivity contribution in [1.29, 1.82) is 0 Å². The monoisotopic (exact) mass is 346 g/mol. The Balaban J connectivity index is 1.77. The molecular formula is C20H19BN2O3. The number of azo groups is 1. The van der Waals surface area contributed by atoms with Crippen LogP contribution in [0.5, 0.6) is 5.75 Å². The second-order valence-electron chi connectivity index (χ2n) is 5.90. The van der Waals surface area contributed by atoms with Gasteiger partial charge in [-0.15, -0.1) is 0 Å². The summed E-state index contributed by atoms with van der Waals surface area (Å²) in [7, 11) is -1.66. The minimum absolute atomic E-state index is 0.242. The molecule has 0 atom stereocenters. The molecule has 3 aromatic rings. The van der Waals surface area contributed by atoms with E-state index in [2.05, 4.69) is 10.2 Å². The van der Waals surface area contributed by atoms with Gasteiger partial charge in [0.2, 0.25) is 0 Å². The van der Waals surface area contributed by atoms with Crippen LogP contribution >= 0.6 is 0 Å². The van der Waals surface area contributed by atoms with Crippen molar-refractivity contribution < 1.29 is 14.8 Å². The number of hydrogen-bond acceptors (Lipinski definition) is 5. The van der Waals surface area contributed by atoms with Crippen molar-refractivity contribution in [2.75, 3.05) is 0 Å². The van der Waals surface area contributed by atoms with Crippen molar-refractivity contribution in [1.82, 2.24) is 0 Å². The molecule has 0 aliphatic rings. The number of ether oxygens (including phenoxy) is 1. The lowest BCUT2D eigenvalue weighted by Gasteiger charge is -2.10. The molecule has 0 fully saturated rings. The van der Waals surface area contributed by atoms with Gasteiger partial charge in [-0.2, -0.15) is 10.2 Å². The third-order valence-corrected chi connectivity index (χ3v) is 3.83. The summed E-state index contributed by atoms with van der Waals surface area (Å²) in [6.07, 6.45) is 0. The van der Waals surface area contributed by atoms with E-state index >= 15 is 0 Å². The molecule has 26 heavy (non-hydrogen) atoms. The Bertz CT molecular complexity index is 881. The maximum atomic E-state index is 9.65. The van der Waals surface area contributed by atoms with Crippen LogP contribution in [0.3, 0.4) is 0 Å². The van der Waals surface area contributed by atoms with Gasteiger partial charge in [0, 0.05) is 5.46 Å². The molecule has 6 heteroatoms. The van der Waals surface area contributed by atoms with Crippen LogP contribution in [0.25, 0.3) is 0 Å². The average Bonchev–Trinajstić information content (AvgIpc) is 2.67. The standard InChI is InChI=1S/C20H19BN2O3/c1-15-7-9-17(10-8-15)22-23-20-12-11-18(13-19(20)21(24)25)26-14-16-5-3-2-4-6-16/h2-13,24-25H,14H2,1H3.